The van der Waals surface area contributed by atoms with Crippen molar-refractivity contribution < 1.29 is 24.5 Å². The van der Waals surface area contributed by atoms with Crippen molar-refractivity contribution in [1.82, 2.24) is 5.32 Å². The summed E-state index contributed by atoms with van der Waals surface area (Å²) in [5, 5.41) is 23.3. The molecule has 408 valence electrons. The van der Waals surface area contributed by atoms with E-state index < -0.39 is 12.1 Å². The lowest BCUT2D eigenvalue weighted by molar-refractivity contribution is -0.143. The van der Waals surface area contributed by atoms with Crippen LogP contribution < -0.4 is 5.32 Å². The van der Waals surface area contributed by atoms with E-state index >= 15 is 0 Å². The molecule has 0 aliphatic heterocycles. The maximum Gasteiger partial charge on any atom is 0.305 e. The third kappa shape index (κ3) is 55.5. The van der Waals surface area contributed by atoms with Crippen LogP contribution in [-0.2, 0) is 14.3 Å². The quantitative estimate of drug-likeness (QED) is 0.0321. The predicted octanol–water partition coefficient (Wildman–Crippen LogP) is 19.4. The van der Waals surface area contributed by atoms with Crippen LogP contribution in [0, 0.1) is 0 Å². The Bertz CT molecular complexity index is 1080. The molecule has 0 spiro atoms. The molecule has 6 heteroatoms. The highest BCUT2D eigenvalue weighted by Gasteiger charge is 2.20. The molecule has 0 radical (unpaired) electrons. The van der Waals surface area contributed by atoms with Gasteiger partial charge in [-0.2, -0.15) is 0 Å². The Kier molecular flexibility index (Phi) is 57.5. The molecule has 0 fully saturated rings. The predicted molar refractivity (Wildman–Crippen MR) is 301 cm³/mol. The highest BCUT2D eigenvalue weighted by atomic mass is 16.5. The Balaban J connectivity index is 3.45. The fourth-order valence-electron chi connectivity index (χ4n) is 9.73. The number of hydrogen-bond acceptors (Lipinski definition) is 5. The van der Waals surface area contributed by atoms with E-state index in [1.54, 1.807) is 0 Å². The number of unbranched alkanes of at least 4 members (excludes halogenated alkanes) is 43. The van der Waals surface area contributed by atoms with Crippen LogP contribution in [0.15, 0.2) is 24.3 Å². The number of amides is 1. The molecule has 0 saturated carbocycles. The Hall–Kier alpha value is -1.66. The maximum absolute atomic E-state index is 12.5. The van der Waals surface area contributed by atoms with Crippen LogP contribution in [0.4, 0.5) is 0 Å². The summed E-state index contributed by atoms with van der Waals surface area (Å²) in [6.45, 7) is 4.96. The number of rotatable bonds is 58. The molecule has 3 N–H and O–H groups in total. The van der Waals surface area contributed by atoms with Gasteiger partial charge in [-0.25, -0.2) is 0 Å². The van der Waals surface area contributed by atoms with Crippen molar-refractivity contribution in [2.75, 3.05) is 13.2 Å². The number of aliphatic hydroxyl groups is 2. The summed E-state index contributed by atoms with van der Waals surface area (Å²) in [5.74, 6) is -0.0348. The van der Waals surface area contributed by atoms with Crippen molar-refractivity contribution in [3.63, 3.8) is 0 Å². The molecule has 0 aromatic rings. The lowest BCUT2D eigenvalue weighted by atomic mass is 10.0. The van der Waals surface area contributed by atoms with Crippen LogP contribution in [0.3, 0.4) is 0 Å². The Morgan fingerprint density at radius 3 is 1.10 bits per heavy atom. The van der Waals surface area contributed by atoms with Gasteiger partial charge in [-0.05, 0) is 57.8 Å². The fraction of sp³-hybridized carbons (Fsp3) is 0.905. The average Bonchev–Trinajstić information content (AvgIpc) is 3.35. The van der Waals surface area contributed by atoms with E-state index in [-0.39, 0.29) is 18.5 Å². The smallest absolute Gasteiger partial charge is 0.305 e. The molecule has 0 aromatic carbocycles. The molecule has 2 unspecified atom stereocenters. The van der Waals surface area contributed by atoms with E-state index in [0.717, 1.165) is 44.9 Å². The summed E-state index contributed by atoms with van der Waals surface area (Å²) in [7, 11) is 0. The van der Waals surface area contributed by atoms with Gasteiger partial charge in [-0.1, -0.05) is 295 Å². The van der Waals surface area contributed by atoms with Gasteiger partial charge in [-0.3, -0.25) is 9.59 Å². The molecular weight excluding hydrogens is 851 g/mol. The van der Waals surface area contributed by atoms with Gasteiger partial charge >= 0.3 is 5.97 Å². The van der Waals surface area contributed by atoms with Gasteiger partial charge in [0.25, 0.3) is 0 Å². The van der Waals surface area contributed by atoms with E-state index in [1.807, 2.05) is 0 Å². The summed E-state index contributed by atoms with van der Waals surface area (Å²) in [4.78, 5) is 24.5. The Morgan fingerprint density at radius 1 is 0.406 bits per heavy atom. The average molecular weight is 973 g/mol. The zero-order valence-electron chi connectivity index (χ0n) is 46.6. The van der Waals surface area contributed by atoms with Crippen molar-refractivity contribution >= 4 is 11.9 Å². The normalized spacial score (nSPS) is 12.7. The topological polar surface area (TPSA) is 95.9 Å². The van der Waals surface area contributed by atoms with Crippen LogP contribution >= 0.6 is 0 Å². The van der Waals surface area contributed by atoms with Crippen molar-refractivity contribution in [1.29, 1.82) is 0 Å². The highest BCUT2D eigenvalue weighted by molar-refractivity contribution is 5.76. The number of hydrogen-bond donors (Lipinski definition) is 3. The number of ether oxygens (including phenoxy) is 1. The van der Waals surface area contributed by atoms with Crippen molar-refractivity contribution in [2.45, 2.75) is 353 Å². The monoisotopic (exact) mass is 972 g/mol. The van der Waals surface area contributed by atoms with Gasteiger partial charge < -0.3 is 20.3 Å². The summed E-state index contributed by atoms with van der Waals surface area (Å²) in [5.41, 5.74) is 0. The lowest BCUT2D eigenvalue weighted by Gasteiger charge is -2.22. The molecule has 0 aliphatic carbocycles. The molecule has 0 saturated heterocycles. The largest absolute Gasteiger partial charge is 0.466 e. The maximum atomic E-state index is 12.5. The van der Waals surface area contributed by atoms with Gasteiger partial charge in [0.1, 0.15) is 0 Å². The molecule has 69 heavy (non-hydrogen) atoms. The first-order valence-corrected chi connectivity index (χ1v) is 31.1. The second kappa shape index (κ2) is 58.9. The third-order valence-electron chi connectivity index (χ3n) is 14.5. The first-order chi connectivity index (χ1) is 34.0. The SMILES string of the molecule is CCCCCCCCCCCCCCCCCCCC(O)C(CO)NC(=O)CCCCCCCCC/C=C\C/C=C\CCCCCCCCCCCOC(=O)CCCCCCCCCCCCCC. The molecule has 2 atom stereocenters. The van der Waals surface area contributed by atoms with E-state index in [4.69, 9.17) is 4.74 Å². The van der Waals surface area contributed by atoms with Gasteiger partial charge in [-0.15, -0.1) is 0 Å². The van der Waals surface area contributed by atoms with E-state index in [9.17, 15) is 19.8 Å². The highest BCUT2D eigenvalue weighted by Crippen LogP contribution is 2.18. The molecular formula is C63H121NO5. The zero-order valence-corrected chi connectivity index (χ0v) is 46.6. The van der Waals surface area contributed by atoms with Gasteiger partial charge in [0.15, 0.2) is 0 Å². The van der Waals surface area contributed by atoms with Gasteiger partial charge in [0, 0.05) is 12.8 Å². The summed E-state index contributed by atoms with van der Waals surface area (Å²) < 4.78 is 5.47. The standard InChI is InChI=1S/C63H121NO5/c1-3-5-7-9-11-13-15-17-18-26-29-32-35-39-43-47-51-55-61(66)60(59-65)64-62(67)56-52-48-44-40-36-33-30-27-24-22-20-19-21-23-25-28-31-34-38-42-46-50-54-58-69-63(68)57-53-49-45-41-37-16-14-12-10-8-6-4-2/h19,21-22,24,60-61,65-66H,3-18,20,23,25-59H2,1-2H3,(H,64,67)/b21-19-,24-22-. The van der Waals surface area contributed by atoms with E-state index in [0.29, 0.717) is 25.9 Å². The second-order valence-corrected chi connectivity index (χ2v) is 21.4. The van der Waals surface area contributed by atoms with Crippen LogP contribution in [0.2, 0.25) is 0 Å². The molecule has 0 rings (SSSR count). The summed E-state index contributed by atoms with van der Waals surface area (Å²) in [6.07, 6.45) is 71.8. The molecule has 1 amide bonds. The lowest BCUT2D eigenvalue weighted by Crippen LogP contribution is -2.45. The number of nitrogens with one attached hydrogen (secondary N) is 1. The number of allylic oxidation sites excluding steroid dienone is 4. The van der Waals surface area contributed by atoms with Crippen LogP contribution in [0.1, 0.15) is 341 Å². The number of carbonyl (C=O) groups excluding carboxylic acids is 2. The molecule has 0 aromatic heterocycles. The number of aliphatic hydroxyl groups excluding tert-OH is 2. The van der Waals surface area contributed by atoms with Crippen molar-refractivity contribution in [3.05, 3.63) is 24.3 Å². The first-order valence-electron chi connectivity index (χ1n) is 31.1. The van der Waals surface area contributed by atoms with Gasteiger partial charge in [0.2, 0.25) is 5.91 Å². The van der Waals surface area contributed by atoms with Crippen LogP contribution in [0.5, 0.6) is 0 Å². The minimum atomic E-state index is -0.671. The number of carbonyl (C=O) groups is 2. The minimum absolute atomic E-state index is 0.00812. The van der Waals surface area contributed by atoms with Crippen molar-refractivity contribution in [3.8, 4) is 0 Å². The Labute approximate surface area is 431 Å². The second-order valence-electron chi connectivity index (χ2n) is 21.4. The summed E-state index contributed by atoms with van der Waals surface area (Å²) >= 11 is 0. The molecule has 0 bridgehead atoms. The molecule has 6 nitrogen and oxygen atoms in total. The van der Waals surface area contributed by atoms with Crippen molar-refractivity contribution in [2.24, 2.45) is 0 Å². The zero-order chi connectivity index (χ0) is 50.0. The molecule has 0 aliphatic rings. The van der Waals surface area contributed by atoms with Crippen LogP contribution in [0.25, 0.3) is 0 Å². The fourth-order valence-corrected chi connectivity index (χ4v) is 9.73. The van der Waals surface area contributed by atoms with Crippen LogP contribution in [-0.4, -0.2) is 47.4 Å². The Morgan fingerprint density at radius 2 is 0.725 bits per heavy atom. The third-order valence-corrected chi connectivity index (χ3v) is 14.5. The molecule has 0 heterocycles. The number of esters is 1. The van der Waals surface area contributed by atoms with E-state index in [1.165, 1.54) is 263 Å². The summed E-state index contributed by atoms with van der Waals surface area (Å²) in [6, 6.07) is -0.549. The van der Waals surface area contributed by atoms with E-state index in [2.05, 4.69) is 43.5 Å². The minimum Gasteiger partial charge on any atom is -0.466 e. The van der Waals surface area contributed by atoms with Gasteiger partial charge in [0.05, 0.1) is 25.4 Å². The first kappa shape index (κ1) is 67.3.